The van der Waals surface area contributed by atoms with Crippen molar-refractivity contribution in [3.05, 3.63) is 66.2 Å². The van der Waals surface area contributed by atoms with E-state index in [2.05, 4.69) is 46.2 Å². The highest BCUT2D eigenvalue weighted by atomic mass is 32.2. The minimum Gasteiger partial charge on any atom is -0.399 e. The molecule has 5 rings (SSSR count). The summed E-state index contributed by atoms with van der Waals surface area (Å²) in [6, 6.07) is 21.2. The van der Waals surface area contributed by atoms with Crippen molar-refractivity contribution >= 4 is 34.1 Å². The van der Waals surface area contributed by atoms with E-state index in [1.54, 1.807) is 0 Å². The third kappa shape index (κ3) is 4.64. The number of benzene rings is 3. The molecule has 0 radical (unpaired) electrons. The first kappa shape index (κ1) is 21.4. The van der Waals surface area contributed by atoms with Gasteiger partial charge in [-0.3, -0.25) is 4.79 Å². The van der Waals surface area contributed by atoms with Crippen LogP contribution in [0.1, 0.15) is 36.0 Å². The molecular formula is C27H31N3OS. The summed E-state index contributed by atoms with van der Waals surface area (Å²) in [4.78, 5) is 15.6. The van der Waals surface area contributed by atoms with Crippen LogP contribution in [-0.2, 0) is 0 Å². The molecule has 0 unspecified atom stereocenters. The first-order chi connectivity index (χ1) is 15.7. The molecule has 2 heterocycles. The number of fused-ring (bicyclic) bond motifs is 1. The van der Waals surface area contributed by atoms with Gasteiger partial charge in [-0.15, -0.1) is 0 Å². The van der Waals surface area contributed by atoms with E-state index in [4.69, 9.17) is 5.73 Å². The largest absolute Gasteiger partial charge is 0.399 e. The summed E-state index contributed by atoms with van der Waals surface area (Å²) in [5.74, 6) is 2.62. The van der Waals surface area contributed by atoms with E-state index in [9.17, 15) is 4.79 Å². The van der Waals surface area contributed by atoms with Crippen molar-refractivity contribution in [2.24, 2.45) is 0 Å². The van der Waals surface area contributed by atoms with Crippen molar-refractivity contribution in [1.29, 1.82) is 0 Å². The van der Waals surface area contributed by atoms with Gasteiger partial charge < -0.3 is 16.0 Å². The number of nitrogens with zero attached hydrogens (tertiary/aromatic N) is 1. The Balaban J connectivity index is 1.26. The van der Waals surface area contributed by atoms with Gasteiger partial charge in [-0.05, 0) is 83.4 Å². The highest BCUT2D eigenvalue weighted by Crippen LogP contribution is 2.30. The summed E-state index contributed by atoms with van der Waals surface area (Å²) >= 11 is 2.08. The average Bonchev–Trinajstić information content (AvgIpc) is 2.84. The van der Waals surface area contributed by atoms with Crippen LogP contribution < -0.4 is 11.1 Å². The summed E-state index contributed by atoms with van der Waals surface area (Å²) in [6.07, 6.45) is 4.72. The summed E-state index contributed by atoms with van der Waals surface area (Å²) in [7, 11) is 0. The van der Waals surface area contributed by atoms with Gasteiger partial charge in [0.2, 0.25) is 0 Å². The van der Waals surface area contributed by atoms with Gasteiger partial charge in [0.25, 0.3) is 5.91 Å². The molecule has 0 spiro atoms. The number of likely N-dealkylation sites (tertiary alicyclic amines) is 1. The molecule has 3 aromatic rings. The molecule has 2 aliphatic heterocycles. The molecule has 1 amide bonds. The lowest BCUT2D eigenvalue weighted by atomic mass is 9.96. The van der Waals surface area contributed by atoms with Gasteiger partial charge in [0.05, 0.1) is 0 Å². The zero-order chi connectivity index (χ0) is 21.9. The van der Waals surface area contributed by atoms with Crippen molar-refractivity contribution in [2.45, 2.75) is 37.8 Å². The van der Waals surface area contributed by atoms with Crippen LogP contribution in [-0.4, -0.2) is 47.5 Å². The van der Waals surface area contributed by atoms with Gasteiger partial charge in [0.15, 0.2) is 0 Å². The van der Waals surface area contributed by atoms with Gasteiger partial charge in [-0.2, -0.15) is 11.8 Å². The van der Waals surface area contributed by atoms with Crippen molar-refractivity contribution in [2.75, 3.05) is 30.3 Å². The van der Waals surface area contributed by atoms with E-state index in [-0.39, 0.29) is 11.9 Å². The third-order valence-electron chi connectivity index (χ3n) is 6.91. The quantitative estimate of drug-likeness (QED) is 0.544. The van der Waals surface area contributed by atoms with Gasteiger partial charge in [-0.25, -0.2) is 0 Å². The number of anilines is 1. The maximum Gasteiger partial charge on any atom is 0.251 e. The molecule has 2 saturated heterocycles. The van der Waals surface area contributed by atoms with E-state index in [1.165, 1.54) is 24.3 Å². The predicted molar refractivity (Wildman–Crippen MR) is 136 cm³/mol. The van der Waals surface area contributed by atoms with Crippen molar-refractivity contribution in [1.82, 2.24) is 10.2 Å². The van der Waals surface area contributed by atoms with Crippen LogP contribution in [0.5, 0.6) is 0 Å². The summed E-state index contributed by atoms with van der Waals surface area (Å²) in [5.41, 5.74) is 9.70. The topological polar surface area (TPSA) is 58.4 Å². The zero-order valence-corrected chi connectivity index (χ0v) is 19.2. The number of piperidine rings is 1. The smallest absolute Gasteiger partial charge is 0.251 e. The van der Waals surface area contributed by atoms with Crippen LogP contribution in [0.3, 0.4) is 0 Å². The highest BCUT2D eigenvalue weighted by molar-refractivity contribution is 7.99. The molecule has 166 valence electrons. The molecule has 3 aromatic carbocycles. The third-order valence-corrected chi connectivity index (χ3v) is 7.96. The fourth-order valence-electron chi connectivity index (χ4n) is 5.11. The fourth-order valence-corrected chi connectivity index (χ4v) is 6.19. The van der Waals surface area contributed by atoms with E-state index in [1.807, 2.05) is 36.4 Å². The second kappa shape index (κ2) is 9.55. The summed E-state index contributed by atoms with van der Waals surface area (Å²) < 4.78 is 0. The molecule has 0 saturated carbocycles. The van der Waals surface area contributed by atoms with Gasteiger partial charge in [0.1, 0.15) is 0 Å². The number of nitrogens with one attached hydrogen (secondary N) is 1. The number of nitrogen functional groups attached to an aromatic ring is 1. The normalized spacial score (nSPS) is 18.6. The van der Waals surface area contributed by atoms with Crippen molar-refractivity contribution < 1.29 is 4.79 Å². The van der Waals surface area contributed by atoms with Crippen LogP contribution in [0.25, 0.3) is 21.9 Å². The lowest BCUT2D eigenvalue weighted by Crippen LogP contribution is -2.48. The Kier molecular flexibility index (Phi) is 6.37. The molecule has 3 N–H and O–H groups in total. The Morgan fingerprint density at radius 2 is 1.72 bits per heavy atom. The average molecular weight is 446 g/mol. The number of amides is 1. The molecule has 2 aliphatic rings. The first-order valence-corrected chi connectivity index (χ1v) is 12.8. The monoisotopic (exact) mass is 445 g/mol. The minimum absolute atomic E-state index is 0.0359. The zero-order valence-electron chi connectivity index (χ0n) is 18.4. The lowest BCUT2D eigenvalue weighted by Gasteiger charge is -2.39. The molecular weight excluding hydrogens is 414 g/mol. The maximum atomic E-state index is 13.0. The molecule has 5 heteroatoms. The van der Waals surface area contributed by atoms with Crippen LogP contribution in [0.15, 0.2) is 60.7 Å². The van der Waals surface area contributed by atoms with Crippen LogP contribution in [0.2, 0.25) is 0 Å². The fraction of sp³-hybridized carbons (Fsp3) is 0.370. The van der Waals surface area contributed by atoms with Gasteiger partial charge in [-0.1, -0.05) is 36.4 Å². The molecule has 0 aliphatic carbocycles. The minimum atomic E-state index is 0.0359. The number of thioether (sulfide) groups is 1. The molecule has 0 bridgehead atoms. The summed E-state index contributed by atoms with van der Waals surface area (Å²) in [5, 5.41) is 5.50. The SMILES string of the molecule is Nc1cccc(-c2cccc3cc(C(=O)NC4CCN(C5CCSCC5)CC4)ccc23)c1. The second-order valence-corrected chi connectivity index (χ2v) is 10.2. The Labute approximate surface area is 194 Å². The van der Waals surface area contributed by atoms with E-state index >= 15 is 0 Å². The molecule has 32 heavy (non-hydrogen) atoms. The van der Waals surface area contributed by atoms with E-state index in [0.29, 0.717) is 0 Å². The van der Waals surface area contributed by atoms with Crippen LogP contribution in [0, 0.1) is 0 Å². The van der Waals surface area contributed by atoms with E-state index in [0.717, 1.165) is 65.1 Å². The van der Waals surface area contributed by atoms with Gasteiger partial charge in [0, 0.05) is 36.4 Å². The Morgan fingerprint density at radius 1 is 0.938 bits per heavy atom. The Hall–Kier alpha value is -2.50. The first-order valence-electron chi connectivity index (χ1n) is 11.7. The number of carbonyl (C=O) groups is 1. The molecule has 2 fully saturated rings. The number of nitrogens with two attached hydrogens (primary N) is 1. The number of carbonyl (C=O) groups excluding carboxylic acids is 1. The van der Waals surface area contributed by atoms with Crippen LogP contribution >= 0.6 is 11.8 Å². The molecule has 4 nitrogen and oxygen atoms in total. The lowest BCUT2D eigenvalue weighted by molar-refractivity contribution is 0.0886. The standard InChI is InChI=1S/C27H31N3OS/c28-22-5-1-3-20(18-22)25-6-2-4-19-17-21(7-8-26(19)25)27(31)29-23-9-13-30(14-10-23)24-11-15-32-16-12-24/h1-8,17-18,23-24H,9-16,28H2,(H,29,31). The maximum absolute atomic E-state index is 13.0. The number of hydrogen-bond acceptors (Lipinski definition) is 4. The summed E-state index contributed by atoms with van der Waals surface area (Å²) in [6.45, 7) is 2.20. The Bertz CT molecular complexity index is 1100. The highest BCUT2D eigenvalue weighted by Gasteiger charge is 2.27. The number of rotatable bonds is 4. The van der Waals surface area contributed by atoms with Crippen molar-refractivity contribution in [3.8, 4) is 11.1 Å². The molecule has 0 atom stereocenters. The van der Waals surface area contributed by atoms with Crippen LogP contribution in [0.4, 0.5) is 5.69 Å². The van der Waals surface area contributed by atoms with Gasteiger partial charge >= 0.3 is 0 Å². The second-order valence-electron chi connectivity index (χ2n) is 8.99. The Morgan fingerprint density at radius 3 is 2.50 bits per heavy atom. The molecule has 0 aromatic heterocycles. The predicted octanol–water partition coefficient (Wildman–Crippen LogP) is 5.18. The van der Waals surface area contributed by atoms with Crippen molar-refractivity contribution in [3.63, 3.8) is 0 Å². The van der Waals surface area contributed by atoms with E-state index < -0.39 is 0 Å². The number of hydrogen-bond donors (Lipinski definition) is 2.